The summed E-state index contributed by atoms with van der Waals surface area (Å²) in [6.07, 6.45) is 0.698. The molecule has 0 aliphatic rings. The van der Waals surface area contributed by atoms with Gasteiger partial charge in [0, 0.05) is 6.42 Å². The SMILES string of the molecule is CCC(CO)(CO)NC(=O)CCc1ccc(F)c(F)c1. The Morgan fingerprint density at radius 1 is 1.25 bits per heavy atom. The van der Waals surface area contributed by atoms with Gasteiger partial charge in [-0.2, -0.15) is 0 Å². The molecule has 0 fully saturated rings. The molecule has 1 aromatic carbocycles. The van der Waals surface area contributed by atoms with Gasteiger partial charge in [-0.1, -0.05) is 13.0 Å². The fourth-order valence-electron chi connectivity index (χ4n) is 1.75. The molecule has 0 aliphatic carbocycles. The van der Waals surface area contributed by atoms with Crippen LogP contribution in [0.1, 0.15) is 25.3 Å². The summed E-state index contributed by atoms with van der Waals surface area (Å²) in [4.78, 5) is 11.8. The van der Waals surface area contributed by atoms with Crippen molar-refractivity contribution >= 4 is 5.91 Å². The zero-order chi connectivity index (χ0) is 15.2. The van der Waals surface area contributed by atoms with E-state index >= 15 is 0 Å². The van der Waals surface area contributed by atoms with Gasteiger partial charge in [0.15, 0.2) is 11.6 Å². The van der Waals surface area contributed by atoms with E-state index in [9.17, 15) is 23.8 Å². The molecular weight excluding hydrogens is 268 g/mol. The van der Waals surface area contributed by atoms with Crippen LogP contribution in [0.2, 0.25) is 0 Å². The smallest absolute Gasteiger partial charge is 0.220 e. The van der Waals surface area contributed by atoms with Crippen LogP contribution < -0.4 is 5.32 Å². The Balaban J connectivity index is 2.56. The van der Waals surface area contributed by atoms with Gasteiger partial charge in [0.1, 0.15) is 0 Å². The zero-order valence-electron chi connectivity index (χ0n) is 11.3. The number of aliphatic hydroxyl groups excluding tert-OH is 2. The molecule has 0 aromatic heterocycles. The fourth-order valence-corrected chi connectivity index (χ4v) is 1.75. The summed E-state index contributed by atoms with van der Waals surface area (Å²) in [5.41, 5.74) is -0.528. The Morgan fingerprint density at radius 3 is 2.40 bits per heavy atom. The second-order valence-corrected chi connectivity index (χ2v) is 4.75. The number of amides is 1. The van der Waals surface area contributed by atoms with Gasteiger partial charge < -0.3 is 15.5 Å². The highest BCUT2D eigenvalue weighted by Gasteiger charge is 2.28. The number of nitrogens with one attached hydrogen (secondary N) is 1. The van der Waals surface area contributed by atoms with Crippen LogP contribution >= 0.6 is 0 Å². The Morgan fingerprint density at radius 2 is 1.90 bits per heavy atom. The molecule has 0 saturated heterocycles. The van der Waals surface area contributed by atoms with Gasteiger partial charge in [-0.3, -0.25) is 4.79 Å². The van der Waals surface area contributed by atoms with Crippen molar-refractivity contribution in [1.82, 2.24) is 5.32 Å². The molecule has 0 bridgehead atoms. The topological polar surface area (TPSA) is 69.6 Å². The van der Waals surface area contributed by atoms with E-state index in [1.165, 1.54) is 6.07 Å². The molecule has 0 unspecified atom stereocenters. The monoisotopic (exact) mass is 287 g/mol. The summed E-state index contributed by atoms with van der Waals surface area (Å²) in [6.45, 7) is 1.01. The average molecular weight is 287 g/mol. The van der Waals surface area contributed by atoms with E-state index in [1.807, 2.05) is 0 Å². The fraction of sp³-hybridized carbons (Fsp3) is 0.500. The van der Waals surface area contributed by atoms with Crippen LogP contribution in [0, 0.1) is 11.6 Å². The van der Waals surface area contributed by atoms with E-state index in [4.69, 9.17) is 0 Å². The summed E-state index contributed by atoms with van der Waals surface area (Å²) in [5, 5.41) is 21.0. The maximum atomic E-state index is 13.0. The number of rotatable bonds is 7. The molecule has 20 heavy (non-hydrogen) atoms. The lowest BCUT2D eigenvalue weighted by molar-refractivity contribution is -0.124. The van der Waals surface area contributed by atoms with Crippen molar-refractivity contribution in [2.75, 3.05) is 13.2 Å². The third-order valence-electron chi connectivity index (χ3n) is 3.31. The van der Waals surface area contributed by atoms with Gasteiger partial charge in [0.05, 0.1) is 18.8 Å². The van der Waals surface area contributed by atoms with E-state index in [2.05, 4.69) is 5.32 Å². The van der Waals surface area contributed by atoms with Crippen molar-refractivity contribution < 1.29 is 23.8 Å². The van der Waals surface area contributed by atoms with Crippen molar-refractivity contribution in [3.05, 3.63) is 35.4 Å². The molecule has 0 saturated carbocycles. The standard InChI is InChI=1S/C14H19F2NO3/c1-2-14(8-18,9-19)17-13(20)6-4-10-3-5-11(15)12(16)7-10/h3,5,7,18-19H,2,4,6,8-9H2,1H3,(H,17,20). The van der Waals surface area contributed by atoms with E-state index in [0.29, 0.717) is 12.0 Å². The summed E-state index contributed by atoms with van der Waals surface area (Å²) in [5.74, 6) is -2.24. The molecule has 1 aromatic rings. The number of hydrogen-bond acceptors (Lipinski definition) is 3. The number of halogens is 2. The number of aryl methyl sites for hydroxylation is 1. The first-order chi connectivity index (χ1) is 9.46. The van der Waals surface area contributed by atoms with Crippen molar-refractivity contribution in [2.24, 2.45) is 0 Å². The molecular formula is C14H19F2NO3. The predicted octanol–water partition coefficient (Wildman–Crippen LogP) is 1.15. The minimum absolute atomic E-state index is 0.0623. The van der Waals surface area contributed by atoms with Crippen LogP contribution in [0.3, 0.4) is 0 Å². The molecule has 0 atom stereocenters. The highest BCUT2D eigenvalue weighted by molar-refractivity contribution is 5.77. The van der Waals surface area contributed by atoms with Gasteiger partial charge in [-0.05, 0) is 30.5 Å². The molecule has 0 radical (unpaired) electrons. The van der Waals surface area contributed by atoms with Crippen molar-refractivity contribution in [2.45, 2.75) is 31.7 Å². The highest BCUT2D eigenvalue weighted by atomic mass is 19.2. The molecule has 0 spiro atoms. The number of carbonyl (C=O) groups is 1. The number of hydrogen-bond donors (Lipinski definition) is 3. The molecule has 3 N–H and O–H groups in total. The van der Waals surface area contributed by atoms with E-state index in [0.717, 1.165) is 12.1 Å². The van der Waals surface area contributed by atoms with E-state index in [1.54, 1.807) is 6.92 Å². The Kier molecular flexibility index (Phi) is 6.04. The van der Waals surface area contributed by atoms with Crippen molar-refractivity contribution in [1.29, 1.82) is 0 Å². The van der Waals surface area contributed by atoms with E-state index < -0.39 is 17.2 Å². The summed E-state index contributed by atoms with van der Waals surface area (Å²) in [6, 6.07) is 3.48. The Hall–Kier alpha value is -1.53. The lowest BCUT2D eigenvalue weighted by Gasteiger charge is -2.29. The second-order valence-electron chi connectivity index (χ2n) is 4.75. The third-order valence-corrected chi connectivity index (χ3v) is 3.31. The first-order valence-corrected chi connectivity index (χ1v) is 6.43. The van der Waals surface area contributed by atoms with E-state index in [-0.39, 0.29) is 32.0 Å². The second kappa shape index (κ2) is 7.31. The lowest BCUT2D eigenvalue weighted by atomic mass is 9.98. The highest BCUT2D eigenvalue weighted by Crippen LogP contribution is 2.12. The van der Waals surface area contributed by atoms with Crippen LogP contribution in [0.15, 0.2) is 18.2 Å². The van der Waals surface area contributed by atoms with Crippen LogP contribution in [-0.4, -0.2) is 34.9 Å². The molecule has 6 heteroatoms. The Bertz CT molecular complexity index is 453. The van der Waals surface area contributed by atoms with Crippen LogP contribution in [0.4, 0.5) is 8.78 Å². The minimum atomic E-state index is -1.04. The van der Waals surface area contributed by atoms with Gasteiger partial charge in [0.2, 0.25) is 5.91 Å². The minimum Gasteiger partial charge on any atom is -0.394 e. The molecule has 0 heterocycles. The van der Waals surface area contributed by atoms with Crippen LogP contribution in [-0.2, 0) is 11.2 Å². The first kappa shape index (κ1) is 16.5. The number of carbonyl (C=O) groups excluding carboxylic acids is 1. The Labute approximate surface area is 116 Å². The van der Waals surface area contributed by atoms with Crippen molar-refractivity contribution in [3.8, 4) is 0 Å². The predicted molar refractivity (Wildman–Crippen MR) is 70.0 cm³/mol. The maximum Gasteiger partial charge on any atom is 0.220 e. The van der Waals surface area contributed by atoms with Gasteiger partial charge in [-0.25, -0.2) is 8.78 Å². The molecule has 4 nitrogen and oxygen atoms in total. The summed E-state index contributed by atoms with van der Waals surface area (Å²) in [7, 11) is 0. The summed E-state index contributed by atoms with van der Waals surface area (Å²) < 4.78 is 25.7. The van der Waals surface area contributed by atoms with Gasteiger partial charge in [0.25, 0.3) is 0 Å². The average Bonchev–Trinajstić information content (AvgIpc) is 2.46. The van der Waals surface area contributed by atoms with Crippen LogP contribution in [0.25, 0.3) is 0 Å². The summed E-state index contributed by atoms with van der Waals surface area (Å²) >= 11 is 0. The first-order valence-electron chi connectivity index (χ1n) is 6.43. The maximum absolute atomic E-state index is 13.0. The van der Waals surface area contributed by atoms with Gasteiger partial charge >= 0.3 is 0 Å². The molecule has 1 amide bonds. The van der Waals surface area contributed by atoms with Crippen molar-refractivity contribution in [3.63, 3.8) is 0 Å². The van der Waals surface area contributed by atoms with Gasteiger partial charge in [-0.15, -0.1) is 0 Å². The normalized spacial score (nSPS) is 11.4. The zero-order valence-corrected chi connectivity index (χ0v) is 11.3. The molecule has 112 valence electrons. The third kappa shape index (κ3) is 4.25. The molecule has 1 rings (SSSR count). The molecule has 0 aliphatic heterocycles. The quantitative estimate of drug-likeness (QED) is 0.704. The van der Waals surface area contributed by atoms with Crippen LogP contribution in [0.5, 0.6) is 0 Å². The largest absolute Gasteiger partial charge is 0.394 e. The number of aliphatic hydroxyl groups is 2. The number of benzene rings is 1. The lowest BCUT2D eigenvalue weighted by Crippen LogP contribution is -2.53.